The molecule has 2 saturated heterocycles. The van der Waals surface area contributed by atoms with Crippen LogP contribution in [0.2, 0.25) is 0 Å². The molecule has 2 fully saturated rings. The van der Waals surface area contributed by atoms with Crippen LogP contribution in [-0.2, 0) is 14.8 Å². The number of thiophene rings is 1. The van der Waals surface area contributed by atoms with Crippen LogP contribution in [0.4, 0.5) is 11.8 Å². The molecule has 5 rings (SSSR count). The van der Waals surface area contributed by atoms with Crippen LogP contribution >= 0.6 is 11.3 Å². The van der Waals surface area contributed by atoms with Gasteiger partial charge >= 0.3 is 0 Å². The highest BCUT2D eigenvalue weighted by Crippen LogP contribution is 2.32. The van der Waals surface area contributed by atoms with Crippen LogP contribution < -0.4 is 10.6 Å². The zero-order valence-electron chi connectivity index (χ0n) is 19.2. The van der Waals surface area contributed by atoms with Crippen LogP contribution in [-0.4, -0.2) is 102 Å². The van der Waals surface area contributed by atoms with Crippen LogP contribution in [0, 0.1) is 0 Å². The standard InChI is InChI=1S/C21H28N8O3S2/c1-14-11-27(4-5-29(14)34(2,30)31)12-16-13-28(6-7-32-16)20-18-17(3-8-33-18)25-19(26-20)15-9-23-21(22)24-10-15/h3,8-10,14,16H,4-7,11-13H2,1-2H3,(H2,22,23,24)/t14-,16?/m1/s1. The Morgan fingerprint density at radius 2 is 1.97 bits per heavy atom. The second-order valence-corrected chi connectivity index (χ2v) is 11.6. The number of ether oxygens (including phenoxy) is 1. The van der Waals surface area contributed by atoms with E-state index in [1.54, 1.807) is 28.0 Å². The number of hydrogen-bond acceptors (Lipinski definition) is 11. The summed E-state index contributed by atoms with van der Waals surface area (Å²) >= 11 is 1.62. The van der Waals surface area contributed by atoms with Gasteiger partial charge in [0.05, 0.1) is 34.7 Å². The van der Waals surface area contributed by atoms with Gasteiger partial charge in [0.15, 0.2) is 11.6 Å². The molecule has 182 valence electrons. The minimum atomic E-state index is -3.18. The summed E-state index contributed by atoms with van der Waals surface area (Å²) in [4.78, 5) is 22.3. The number of nitrogen functional groups attached to an aromatic ring is 1. The number of nitrogens with two attached hydrogens (primary N) is 1. The Kier molecular flexibility index (Phi) is 6.37. The first kappa shape index (κ1) is 23.3. The molecule has 2 aliphatic rings. The normalized spacial score (nSPS) is 22.9. The molecule has 0 bridgehead atoms. The molecule has 2 N–H and O–H groups in total. The smallest absolute Gasteiger partial charge is 0.219 e. The van der Waals surface area contributed by atoms with Gasteiger partial charge in [0.1, 0.15) is 0 Å². The highest BCUT2D eigenvalue weighted by Gasteiger charge is 2.32. The maximum atomic E-state index is 12.0. The summed E-state index contributed by atoms with van der Waals surface area (Å²) in [6.45, 7) is 6.62. The predicted molar refractivity (Wildman–Crippen MR) is 132 cm³/mol. The Bertz CT molecular complexity index is 1270. The molecule has 5 heterocycles. The van der Waals surface area contributed by atoms with Gasteiger partial charge in [0.2, 0.25) is 16.0 Å². The van der Waals surface area contributed by atoms with E-state index in [0.717, 1.165) is 29.1 Å². The van der Waals surface area contributed by atoms with Gasteiger partial charge in [-0.2, -0.15) is 4.31 Å². The van der Waals surface area contributed by atoms with Crippen molar-refractivity contribution in [3.63, 3.8) is 0 Å². The fourth-order valence-corrected chi connectivity index (χ4v) is 6.61. The Labute approximate surface area is 202 Å². The molecule has 1 unspecified atom stereocenters. The van der Waals surface area contributed by atoms with E-state index in [1.807, 2.05) is 18.4 Å². The lowest BCUT2D eigenvalue weighted by Crippen LogP contribution is -2.56. The topological polar surface area (TPSA) is 131 Å². The summed E-state index contributed by atoms with van der Waals surface area (Å²) in [6, 6.07) is 1.94. The van der Waals surface area contributed by atoms with Gasteiger partial charge < -0.3 is 15.4 Å². The molecule has 0 radical (unpaired) electrons. The number of anilines is 2. The Balaban J connectivity index is 1.33. The zero-order valence-corrected chi connectivity index (χ0v) is 20.8. The van der Waals surface area contributed by atoms with Crippen molar-refractivity contribution in [2.75, 3.05) is 62.8 Å². The van der Waals surface area contributed by atoms with Crippen molar-refractivity contribution in [2.24, 2.45) is 0 Å². The van der Waals surface area contributed by atoms with Gasteiger partial charge in [0, 0.05) is 57.7 Å². The minimum Gasteiger partial charge on any atom is -0.373 e. The summed E-state index contributed by atoms with van der Waals surface area (Å²) in [7, 11) is -3.18. The second kappa shape index (κ2) is 9.30. The van der Waals surface area contributed by atoms with Crippen molar-refractivity contribution >= 4 is 43.3 Å². The molecule has 0 spiro atoms. The maximum absolute atomic E-state index is 12.0. The number of rotatable bonds is 5. The fourth-order valence-electron chi connectivity index (χ4n) is 4.63. The van der Waals surface area contributed by atoms with Gasteiger partial charge in [-0.3, -0.25) is 4.90 Å². The summed E-state index contributed by atoms with van der Waals surface area (Å²) in [5.74, 6) is 1.66. The van der Waals surface area contributed by atoms with Crippen molar-refractivity contribution in [2.45, 2.75) is 19.1 Å². The Morgan fingerprint density at radius 3 is 2.71 bits per heavy atom. The van der Waals surface area contributed by atoms with E-state index in [1.165, 1.54) is 6.26 Å². The van der Waals surface area contributed by atoms with Crippen molar-refractivity contribution < 1.29 is 13.2 Å². The Morgan fingerprint density at radius 1 is 1.18 bits per heavy atom. The minimum absolute atomic E-state index is 0.000909. The number of sulfonamides is 1. The second-order valence-electron chi connectivity index (χ2n) is 8.76. The molecule has 3 aromatic heterocycles. The van der Waals surface area contributed by atoms with Crippen LogP contribution in [0.5, 0.6) is 0 Å². The van der Waals surface area contributed by atoms with E-state index in [-0.39, 0.29) is 18.1 Å². The molecule has 2 atom stereocenters. The molecule has 11 nitrogen and oxygen atoms in total. The van der Waals surface area contributed by atoms with Gasteiger partial charge in [0.25, 0.3) is 0 Å². The number of morpholine rings is 1. The summed E-state index contributed by atoms with van der Waals surface area (Å²) in [6.07, 6.45) is 4.55. The van der Waals surface area contributed by atoms with E-state index in [9.17, 15) is 8.42 Å². The van der Waals surface area contributed by atoms with Crippen LogP contribution in [0.1, 0.15) is 6.92 Å². The van der Waals surface area contributed by atoms with Crippen LogP contribution in [0.15, 0.2) is 23.8 Å². The summed E-state index contributed by atoms with van der Waals surface area (Å²) in [5, 5.41) is 2.02. The first-order valence-electron chi connectivity index (χ1n) is 11.2. The zero-order chi connectivity index (χ0) is 23.9. The molecule has 0 aromatic carbocycles. The first-order valence-corrected chi connectivity index (χ1v) is 13.9. The van der Waals surface area contributed by atoms with Crippen molar-refractivity contribution in [3.8, 4) is 11.4 Å². The van der Waals surface area contributed by atoms with E-state index in [4.69, 9.17) is 20.4 Å². The van der Waals surface area contributed by atoms with Gasteiger partial charge in [-0.05, 0) is 18.4 Å². The average molecular weight is 505 g/mol. The van der Waals surface area contributed by atoms with Gasteiger partial charge in [-0.15, -0.1) is 11.3 Å². The van der Waals surface area contributed by atoms with Gasteiger partial charge in [-0.25, -0.2) is 28.4 Å². The highest BCUT2D eigenvalue weighted by molar-refractivity contribution is 7.88. The molecule has 0 saturated carbocycles. The lowest BCUT2D eigenvalue weighted by atomic mass is 10.2. The quantitative estimate of drug-likeness (QED) is 0.535. The lowest BCUT2D eigenvalue weighted by molar-refractivity contribution is 0.00480. The third-order valence-electron chi connectivity index (χ3n) is 6.19. The lowest BCUT2D eigenvalue weighted by Gasteiger charge is -2.41. The van der Waals surface area contributed by atoms with E-state index >= 15 is 0 Å². The maximum Gasteiger partial charge on any atom is 0.219 e. The first-order chi connectivity index (χ1) is 16.3. The molecular weight excluding hydrogens is 476 g/mol. The highest BCUT2D eigenvalue weighted by atomic mass is 32.2. The van der Waals surface area contributed by atoms with Crippen molar-refractivity contribution in [1.82, 2.24) is 29.1 Å². The molecule has 34 heavy (non-hydrogen) atoms. The van der Waals surface area contributed by atoms with E-state index in [0.29, 0.717) is 44.2 Å². The molecule has 2 aliphatic heterocycles. The predicted octanol–water partition coefficient (Wildman–Crippen LogP) is 0.901. The summed E-state index contributed by atoms with van der Waals surface area (Å²) < 4.78 is 32.7. The van der Waals surface area contributed by atoms with Crippen LogP contribution in [0.3, 0.4) is 0 Å². The number of piperazine rings is 1. The summed E-state index contributed by atoms with van der Waals surface area (Å²) in [5.41, 5.74) is 7.23. The SMILES string of the molecule is C[C@@H]1CN(CC2CN(c3nc(-c4cnc(N)nc4)nc4ccsc34)CCO2)CCN1S(C)(=O)=O. The third kappa shape index (κ3) is 4.84. The monoisotopic (exact) mass is 504 g/mol. The Hall–Kier alpha value is -2.45. The molecule has 13 heteroatoms. The number of aromatic nitrogens is 4. The molecule has 0 aliphatic carbocycles. The number of hydrogen-bond donors (Lipinski definition) is 1. The third-order valence-corrected chi connectivity index (χ3v) is 8.49. The van der Waals surface area contributed by atoms with E-state index < -0.39 is 10.0 Å². The molecule has 3 aromatic rings. The fraction of sp³-hybridized carbons (Fsp3) is 0.524. The van der Waals surface area contributed by atoms with E-state index in [2.05, 4.69) is 19.8 Å². The van der Waals surface area contributed by atoms with Crippen LogP contribution in [0.25, 0.3) is 21.6 Å². The number of nitrogens with zero attached hydrogens (tertiary/aromatic N) is 7. The largest absolute Gasteiger partial charge is 0.373 e. The average Bonchev–Trinajstić information content (AvgIpc) is 3.27. The molecular formula is C21H28N8O3S2. The van der Waals surface area contributed by atoms with Crippen molar-refractivity contribution in [1.29, 1.82) is 0 Å². The number of fused-ring (bicyclic) bond motifs is 1. The molecule has 0 amide bonds. The van der Waals surface area contributed by atoms with Gasteiger partial charge in [-0.1, -0.05) is 0 Å². The van der Waals surface area contributed by atoms with Crippen molar-refractivity contribution in [3.05, 3.63) is 23.8 Å².